The molecule has 2 aliphatic rings. The summed E-state index contributed by atoms with van der Waals surface area (Å²) in [7, 11) is -5.93. The summed E-state index contributed by atoms with van der Waals surface area (Å²) in [4.78, 5) is 0. The molecule has 112 valence electrons. The van der Waals surface area contributed by atoms with Crippen LogP contribution in [0.25, 0.3) is 0 Å². The third-order valence-corrected chi connectivity index (χ3v) is 8.06. The molecular formula is C12H23NO4S2. The molecule has 5 nitrogen and oxygen atoms in total. The summed E-state index contributed by atoms with van der Waals surface area (Å²) in [5.41, 5.74) is 6.22. The standard InChI is InChI=1S/C12H23NO4S2/c1-18(14,15)11-4-2-3-9(7-11)12(13)10-5-6-19(16,17)8-10/h9-12H,2-8,13H2,1H3. The Morgan fingerprint density at radius 1 is 1.16 bits per heavy atom. The van der Waals surface area contributed by atoms with Crippen LogP contribution in [0.3, 0.4) is 0 Å². The first kappa shape index (κ1) is 15.3. The summed E-state index contributed by atoms with van der Waals surface area (Å²) in [5, 5.41) is -0.296. The molecule has 1 heterocycles. The lowest BCUT2D eigenvalue weighted by atomic mass is 9.79. The van der Waals surface area contributed by atoms with Gasteiger partial charge in [-0.1, -0.05) is 6.42 Å². The van der Waals surface area contributed by atoms with E-state index in [1.165, 1.54) is 6.26 Å². The van der Waals surface area contributed by atoms with Crippen LogP contribution in [-0.4, -0.2) is 45.9 Å². The van der Waals surface area contributed by atoms with Crippen molar-refractivity contribution in [2.75, 3.05) is 17.8 Å². The minimum atomic E-state index is -3.01. The van der Waals surface area contributed by atoms with Crippen LogP contribution >= 0.6 is 0 Å². The molecule has 0 bridgehead atoms. The summed E-state index contributed by atoms with van der Waals surface area (Å²) >= 11 is 0. The number of sulfone groups is 2. The molecule has 0 aromatic heterocycles. The number of hydrogen-bond donors (Lipinski definition) is 1. The van der Waals surface area contributed by atoms with Gasteiger partial charge in [0.2, 0.25) is 0 Å². The van der Waals surface area contributed by atoms with Gasteiger partial charge in [0.25, 0.3) is 0 Å². The minimum absolute atomic E-state index is 0.00769. The van der Waals surface area contributed by atoms with Gasteiger partial charge in [-0.2, -0.15) is 0 Å². The van der Waals surface area contributed by atoms with E-state index in [1.807, 2.05) is 0 Å². The highest BCUT2D eigenvalue weighted by molar-refractivity contribution is 7.91. The van der Waals surface area contributed by atoms with Gasteiger partial charge in [-0.15, -0.1) is 0 Å². The van der Waals surface area contributed by atoms with Crippen molar-refractivity contribution in [3.63, 3.8) is 0 Å². The van der Waals surface area contributed by atoms with Crippen molar-refractivity contribution >= 4 is 19.7 Å². The predicted molar refractivity (Wildman–Crippen MR) is 75.3 cm³/mol. The molecule has 2 fully saturated rings. The molecule has 1 saturated carbocycles. The molecule has 19 heavy (non-hydrogen) atoms. The van der Waals surface area contributed by atoms with E-state index in [1.54, 1.807) is 0 Å². The zero-order chi connectivity index (χ0) is 14.3. The molecule has 2 rings (SSSR count). The van der Waals surface area contributed by atoms with Crippen LogP contribution in [0.5, 0.6) is 0 Å². The van der Waals surface area contributed by atoms with Crippen LogP contribution in [0.4, 0.5) is 0 Å². The maximum atomic E-state index is 11.6. The van der Waals surface area contributed by atoms with Gasteiger partial charge in [-0.25, -0.2) is 16.8 Å². The monoisotopic (exact) mass is 309 g/mol. The zero-order valence-electron chi connectivity index (χ0n) is 11.3. The van der Waals surface area contributed by atoms with Crippen molar-refractivity contribution in [2.45, 2.75) is 43.4 Å². The largest absolute Gasteiger partial charge is 0.327 e. The quantitative estimate of drug-likeness (QED) is 0.812. The Kier molecular flexibility index (Phi) is 4.28. The van der Waals surface area contributed by atoms with E-state index in [2.05, 4.69) is 0 Å². The molecule has 4 atom stereocenters. The second-order valence-electron chi connectivity index (χ2n) is 6.12. The molecule has 4 unspecified atom stereocenters. The van der Waals surface area contributed by atoms with E-state index < -0.39 is 19.7 Å². The average Bonchev–Trinajstić information content (AvgIpc) is 2.68. The Morgan fingerprint density at radius 2 is 1.84 bits per heavy atom. The van der Waals surface area contributed by atoms with Crippen LogP contribution in [0, 0.1) is 11.8 Å². The van der Waals surface area contributed by atoms with Crippen LogP contribution < -0.4 is 5.73 Å². The molecule has 0 aromatic carbocycles. The fourth-order valence-electron chi connectivity index (χ4n) is 3.43. The van der Waals surface area contributed by atoms with Crippen molar-refractivity contribution in [2.24, 2.45) is 17.6 Å². The fourth-order valence-corrected chi connectivity index (χ4v) is 6.49. The second-order valence-corrected chi connectivity index (χ2v) is 10.7. The zero-order valence-corrected chi connectivity index (χ0v) is 12.9. The molecule has 0 spiro atoms. The molecule has 0 amide bonds. The lowest BCUT2D eigenvalue weighted by Gasteiger charge is -2.34. The van der Waals surface area contributed by atoms with Crippen molar-refractivity contribution in [3.05, 3.63) is 0 Å². The third kappa shape index (κ3) is 3.70. The van der Waals surface area contributed by atoms with E-state index in [4.69, 9.17) is 5.73 Å². The summed E-state index contributed by atoms with van der Waals surface area (Å²) in [6, 6.07) is -0.179. The van der Waals surface area contributed by atoms with Crippen molar-refractivity contribution < 1.29 is 16.8 Å². The smallest absolute Gasteiger partial charge is 0.150 e. The first-order chi connectivity index (χ1) is 8.69. The van der Waals surface area contributed by atoms with Gasteiger partial charge in [0.05, 0.1) is 16.8 Å². The summed E-state index contributed by atoms with van der Waals surface area (Å²) in [6.07, 6.45) is 5.01. The first-order valence-electron chi connectivity index (χ1n) is 6.84. The molecule has 1 aliphatic heterocycles. The maximum Gasteiger partial charge on any atom is 0.150 e. The average molecular weight is 309 g/mol. The van der Waals surface area contributed by atoms with Crippen molar-refractivity contribution in [1.29, 1.82) is 0 Å². The number of rotatable bonds is 3. The van der Waals surface area contributed by atoms with Gasteiger partial charge >= 0.3 is 0 Å². The van der Waals surface area contributed by atoms with E-state index in [0.29, 0.717) is 19.3 Å². The highest BCUT2D eigenvalue weighted by atomic mass is 32.2. The second kappa shape index (κ2) is 5.33. The van der Waals surface area contributed by atoms with Gasteiger partial charge in [-0.05, 0) is 37.5 Å². The minimum Gasteiger partial charge on any atom is -0.327 e. The van der Waals surface area contributed by atoms with Gasteiger partial charge < -0.3 is 5.73 Å². The SMILES string of the molecule is CS(=O)(=O)C1CCCC(C(N)C2CCS(=O)(=O)C2)C1. The Balaban J connectivity index is 2.02. The normalized spacial score (nSPS) is 37.1. The Hall–Kier alpha value is -0.140. The van der Waals surface area contributed by atoms with Crippen LogP contribution in [0.2, 0.25) is 0 Å². The van der Waals surface area contributed by atoms with E-state index in [0.717, 1.165) is 12.8 Å². The topological polar surface area (TPSA) is 94.3 Å². The highest BCUT2D eigenvalue weighted by Gasteiger charge is 2.38. The highest BCUT2D eigenvalue weighted by Crippen LogP contribution is 2.34. The fraction of sp³-hybridized carbons (Fsp3) is 1.00. The maximum absolute atomic E-state index is 11.6. The molecule has 1 saturated heterocycles. The van der Waals surface area contributed by atoms with Crippen molar-refractivity contribution in [1.82, 2.24) is 0 Å². The van der Waals surface area contributed by atoms with E-state index in [9.17, 15) is 16.8 Å². The molecule has 7 heteroatoms. The lowest BCUT2D eigenvalue weighted by molar-refractivity contribution is 0.256. The summed E-state index contributed by atoms with van der Waals surface area (Å²) < 4.78 is 46.3. The molecule has 0 aromatic rings. The third-order valence-electron chi connectivity index (χ3n) is 4.63. The Morgan fingerprint density at radius 3 is 2.37 bits per heavy atom. The van der Waals surface area contributed by atoms with Gasteiger partial charge in [-0.3, -0.25) is 0 Å². The van der Waals surface area contributed by atoms with Gasteiger partial charge in [0, 0.05) is 12.3 Å². The molecule has 2 N–H and O–H groups in total. The van der Waals surface area contributed by atoms with E-state index >= 15 is 0 Å². The van der Waals surface area contributed by atoms with Crippen LogP contribution in [0.15, 0.2) is 0 Å². The first-order valence-corrected chi connectivity index (χ1v) is 10.6. The molecule has 1 aliphatic carbocycles. The van der Waals surface area contributed by atoms with E-state index in [-0.39, 0.29) is 34.6 Å². The molecule has 0 radical (unpaired) electrons. The number of nitrogens with two attached hydrogens (primary N) is 1. The summed E-state index contributed by atoms with van der Waals surface area (Å²) in [6.45, 7) is 0. The lowest BCUT2D eigenvalue weighted by Crippen LogP contribution is -2.42. The Labute approximate surface area is 115 Å². The molecular weight excluding hydrogens is 286 g/mol. The predicted octanol–water partition coefficient (Wildman–Crippen LogP) is 0.352. The number of hydrogen-bond acceptors (Lipinski definition) is 5. The van der Waals surface area contributed by atoms with Gasteiger partial charge in [0.1, 0.15) is 9.84 Å². The Bertz CT molecular complexity index is 526. The van der Waals surface area contributed by atoms with Crippen LogP contribution in [-0.2, 0) is 19.7 Å². The van der Waals surface area contributed by atoms with Crippen LogP contribution in [0.1, 0.15) is 32.1 Å². The van der Waals surface area contributed by atoms with Gasteiger partial charge in [0.15, 0.2) is 9.84 Å². The summed E-state index contributed by atoms with van der Waals surface area (Å²) in [5.74, 6) is 0.557. The van der Waals surface area contributed by atoms with Crippen molar-refractivity contribution in [3.8, 4) is 0 Å².